The van der Waals surface area contributed by atoms with Gasteiger partial charge in [0.15, 0.2) is 36.9 Å². The van der Waals surface area contributed by atoms with Crippen LogP contribution in [0.2, 0.25) is 0 Å². The average molecular weight is 1090 g/mol. The molecule has 0 bridgehead atoms. The van der Waals surface area contributed by atoms with Gasteiger partial charge >= 0.3 is 17.9 Å². The Labute approximate surface area is 450 Å². The molecule has 6 N–H and O–H groups in total. The summed E-state index contributed by atoms with van der Waals surface area (Å²) in [6.07, 6.45) is -16.3. The highest BCUT2D eigenvalue weighted by molar-refractivity contribution is 5.83. The van der Waals surface area contributed by atoms with Gasteiger partial charge in [-0.05, 0) is 103 Å². The van der Waals surface area contributed by atoms with Crippen LogP contribution >= 0.6 is 0 Å². The molecule has 0 aromatic rings. The first-order valence-electron chi connectivity index (χ1n) is 27.4. The number of likely N-dealkylation sites (N-methyl/N-ethyl adjacent to an activating group) is 2. The molecule has 5 saturated heterocycles. The van der Waals surface area contributed by atoms with E-state index in [-0.39, 0.29) is 37.9 Å². The summed E-state index contributed by atoms with van der Waals surface area (Å²) < 4.78 is 71.5. The summed E-state index contributed by atoms with van der Waals surface area (Å²) in [6, 6.07) is -1.61. The zero-order valence-corrected chi connectivity index (χ0v) is 48.4. The van der Waals surface area contributed by atoms with Crippen molar-refractivity contribution in [3.05, 3.63) is 0 Å². The number of Topliss-reactive ketones (excluding diaryl/α,β-unsaturated/α-hetero) is 1. The molecule has 22 nitrogen and oxygen atoms in total. The number of aliphatic hydroxyl groups is 4. The van der Waals surface area contributed by atoms with Crippen LogP contribution in [0, 0.1) is 23.7 Å². The minimum atomic E-state index is -2.06. The van der Waals surface area contributed by atoms with Gasteiger partial charge in [-0.3, -0.25) is 19.2 Å². The fourth-order valence-electron chi connectivity index (χ4n) is 12.6. The molecule has 5 aliphatic heterocycles. The minimum absolute atomic E-state index is 0.0226. The average Bonchev–Trinajstić information content (AvgIpc) is 3.31. The Morgan fingerprint density at radius 3 is 1.82 bits per heavy atom. The highest BCUT2D eigenvalue weighted by atomic mass is 16.7. The standard InChI is InChI=1S/C54H95N3O19/c1-19-38-54(14,65)48(73-39-21-35(55)43(61)30(7)67-39)27(4)42(60)25(2)23-52(12,76-40-22-37(57(17)18)44(62)31(8)68-40)47(74-51-45(63)36(56(15)16)20-26(3)66-51)28(5)46(29(6)50(64)71-38)72-41-24-53(13,75-34(11)59)49(32(9)69-41)70-33(10)58/h25-32,35-41,43-49,51,61-63,65H,19-24,55H2,1-18H3/t25-,26-,27+,28+,29-,30-,31+,32+,35-,36+,37-,38?,39+,40+,41+,43+,44+,45-,46?,47-,48-,49+,51+,52-,53-,54-/m1/s1. The fourth-order valence-corrected chi connectivity index (χ4v) is 12.6. The molecule has 0 aliphatic carbocycles. The molecule has 76 heavy (non-hydrogen) atoms. The first kappa shape index (κ1) is 64.3. The van der Waals surface area contributed by atoms with Crippen LogP contribution in [0.25, 0.3) is 0 Å². The molecule has 5 heterocycles. The zero-order valence-electron chi connectivity index (χ0n) is 48.4. The highest BCUT2D eigenvalue weighted by Gasteiger charge is 2.57. The Hall–Kier alpha value is -2.52. The summed E-state index contributed by atoms with van der Waals surface area (Å²) in [5.74, 6) is -6.71. The molecule has 0 radical (unpaired) electrons. The summed E-state index contributed by atoms with van der Waals surface area (Å²) in [6.45, 7) is 22.7. The van der Waals surface area contributed by atoms with E-state index in [2.05, 4.69) is 0 Å². The number of ether oxygens (including phenoxy) is 11. The van der Waals surface area contributed by atoms with Crippen LogP contribution in [0.15, 0.2) is 0 Å². The lowest BCUT2D eigenvalue weighted by molar-refractivity contribution is -0.340. The Morgan fingerprint density at radius 1 is 0.671 bits per heavy atom. The van der Waals surface area contributed by atoms with Crippen LogP contribution in [0.5, 0.6) is 0 Å². The van der Waals surface area contributed by atoms with Crippen LogP contribution < -0.4 is 5.73 Å². The van der Waals surface area contributed by atoms with E-state index in [1.165, 1.54) is 20.8 Å². The molecule has 0 aromatic heterocycles. The normalized spacial score (nSPS) is 47.5. The molecule has 0 amide bonds. The van der Waals surface area contributed by atoms with E-state index in [9.17, 15) is 30.0 Å². The maximum atomic E-state index is 15.4. The topological polar surface area (TPSA) is 283 Å². The van der Waals surface area contributed by atoms with Crippen molar-refractivity contribution in [2.45, 2.75) is 269 Å². The SMILES string of the molecule is CCC1OC(=O)[C@H](C)C(O[C@H]2C[C@@](C)(OC(C)=O)[C@@H](OC(C)=O)[C@H](C)O2)[C@H](C)[C@@H](O[C@@H]2O[C@H](C)C[C@H](N(C)C)[C@H]2O)[C@](C)(O[C@H]2C[C@@H](N(C)C)[C@@H](O)[C@H](C)O2)C[C@@H](C)C(=O)[C@H](C)[C@@H](O[C@H]2C[C@@H](N)[C@@H](O)[C@@H](C)O2)[C@]1(C)O. The third-order valence-electron chi connectivity index (χ3n) is 16.7. The van der Waals surface area contributed by atoms with E-state index in [1.807, 2.05) is 44.9 Å². The molecule has 440 valence electrons. The van der Waals surface area contributed by atoms with Gasteiger partial charge in [-0.15, -0.1) is 0 Å². The molecule has 0 spiro atoms. The second-order valence-electron chi connectivity index (χ2n) is 23.8. The molecular formula is C54H95N3O19. The van der Waals surface area contributed by atoms with Crippen LogP contribution in [0.3, 0.4) is 0 Å². The van der Waals surface area contributed by atoms with Gasteiger partial charge in [0.1, 0.15) is 29.7 Å². The Kier molecular flexibility index (Phi) is 21.9. The van der Waals surface area contributed by atoms with Crippen LogP contribution in [0.4, 0.5) is 0 Å². The number of rotatable bonds is 13. The monoisotopic (exact) mass is 1090 g/mol. The van der Waals surface area contributed by atoms with E-state index < -0.39 is 175 Å². The van der Waals surface area contributed by atoms with Crippen molar-refractivity contribution in [2.24, 2.45) is 29.4 Å². The quantitative estimate of drug-likeness (QED) is 0.131. The maximum absolute atomic E-state index is 15.4. The van der Waals surface area contributed by atoms with Gasteiger partial charge in [-0.1, -0.05) is 27.7 Å². The third kappa shape index (κ3) is 14.7. The smallest absolute Gasteiger partial charge is 0.311 e. The summed E-state index contributed by atoms with van der Waals surface area (Å²) in [7, 11) is 7.38. The van der Waals surface area contributed by atoms with Gasteiger partial charge < -0.3 is 88.1 Å². The Bertz CT molecular complexity index is 1940. The number of nitrogens with zero attached hydrogens (tertiary/aromatic N) is 2. The maximum Gasteiger partial charge on any atom is 0.311 e. The zero-order chi connectivity index (χ0) is 57.3. The number of hydrogen-bond donors (Lipinski definition) is 5. The molecule has 5 fully saturated rings. The fraction of sp³-hybridized carbons (Fsp3) is 0.926. The van der Waals surface area contributed by atoms with Crippen molar-refractivity contribution < 1.29 is 91.7 Å². The minimum Gasteiger partial charge on any atom is -0.459 e. The number of carbonyl (C=O) groups excluding carboxylic acids is 4. The summed E-state index contributed by atoms with van der Waals surface area (Å²) in [5, 5.41) is 47.0. The molecular weight excluding hydrogens is 995 g/mol. The molecule has 0 aromatic carbocycles. The van der Waals surface area contributed by atoms with Crippen molar-refractivity contribution in [3.8, 4) is 0 Å². The summed E-state index contributed by atoms with van der Waals surface area (Å²) >= 11 is 0. The second kappa shape index (κ2) is 25.9. The van der Waals surface area contributed by atoms with Gasteiger partial charge in [0.05, 0.1) is 60.4 Å². The number of cyclic esters (lactones) is 1. The largest absolute Gasteiger partial charge is 0.459 e. The number of nitrogens with two attached hydrogens (primary N) is 1. The highest BCUT2D eigenvalue weighted by Crippen LogP contribution is 2.45. The van der Waals surface area contributed by atoms with Crippen molar-refractivity contribution in [3.63, 3.8) is 0 Å². The lowest BCUT2D eigenvalue weighted by Crippen LogP contribution is -2.63. The lowest BCUT2D eigenvalue weighted by atomic mass is 9.73. The number of esters is 3. The van der Waals surface area contributed by atoms with Gasteiger partial charge in [0.25, 0.3) is 0 Å². The van der Waals surface area contributed by atoms with Gasteiger partial charge in [-0.25, -0.2) is 0 Å². The van der Waals surface area contributed by atoms with E-state index in [0.29, 0.717) is 6.42 Å². The van der Waals surface area contributed by atoms with Crippen molar-refractivity contribution in [2.75, 3.05) is 28.2 Å². The van der Waals surface area contributed by atoms with E-state index in [4.69, 9.17) is 57.8 Å². The molecule has 22 heteroatoms. The number of ketones is 1. The molecule has 0 saturated carbocycles. The predicted molar refractivity (Wildman–Crippen MR) is 274 cm³/mol. The van der Waals surface area contributed by atoms with Crippen molar-refractivity contribution >= 4 is 23.7 Å². The van der Waals surface area contributed by atoms with Crippen LogP contribution in [0.1, 0.15) is 135 Å². The van der Waals surface area contributed by atoms with Gasteiger partial charge in [0, 0.05) is 69.0 Å². The third-order valence-corrected chi connectivity index (χ3v) is 16.7. The van der Waals surface area contributed by atoms with Crippen molar-refractivity contribution in [1.29, 1.82) is 0 Å². The molecule has 5 rings (SSSR count). The van der Waals surface area contributed by atoms with E-state index >= 15 is 9.59 Å². The van der Waals surface area contributed by atoms with E-state index in [1.54, 1.807) is 69.2 Å². The molecule has 26 atom stereocenters. The predicted octanol–water partition coefficient (Wildman–Crippen LogP) is 2.57. The van der Waals surface area contributed by atoms with Gasteiger partial charge in [-0.2, -0.15) is 0 Å². The van der Waals surface area contributed by atoms with Crippen LogP contribution in [-0.4, -0.2) is 215 Å². The first-order chi connectivity index (χ1) is 35.2. The Morgan fingerprint density at radius 2 is 1.25 bits per heavy atom. The summed E-state index contributed by atoms with van der Waals surface area (Å²) in [4.78, 5) is 59.5. The number of carbonyl (C=O) groups is 4. The lowest BCUT2D eigenvalue weighted by Gasteiger charge is -2.51. The van der Waals surface area contributed by atoms with Crippen molar-refractivity contribution in [1.82, 2.24) is 9.80 Å². The first-order valence-corrected chi connectivity index (χ1v) is 27.4. The number of aliphatic hydroxyl groups excluding tert-OH is 3. The van der Waals surface area contributed by atoms with Crippen LogP contribution in [-0.2, 0) is 71.3 Å². The van der Waals surface area contributed by atoms with Gasteiger partial charge in [0.2, 0.25) is 0 Å². The second-order valence-corrected chi connectivity index (χ2v) is 23.8. The summed E-state index contributed by atoms with van der Waals surface area (Å²) in [5.41, 5.74) is 1.17. The number of hydrogen-bond acceptors (Lipinski definition) is 22. The Balaban J connectivity index is 1.75. The van der Waals surface area contributed by atoms with E-state index in [0.717, 1.165) is 0 Å². The molecule has 5 aliphatic rings. The molecule has 2 unspecified atom stereocenters.